The van der Waals surface area contributed by atoms with Gasteiger partial charge in [-0.15, -0.1) is 11.6 Å². The predicted molar refractivity (Wildman–Crippen MR) is 58.6 cm³/mol. The Balaban J connectivity index is 0.000000791. The molecular weight excluding hydrogens is 203 g/mol. The first-order chi connectivity index (χ1) is 6.83. The summed E-state index contributed by atoms with van der Waals surface area (Å²) >= 11 is 5.44. The molecule has 0 unspecified atom stereocenters. The van der Waals surface area contributed by atoms with Gasteiger partial charge in [-0.25, -0.2) is 4.39 Å². The van der Waals surface area contributed by atoms with E-state index in [0.717, 1.165) is 6.42 Å². The summed E-state index contributed by atoms with van der Waals surface area (Å²) in [5, 5.41) is 0. The van der Waals surface area contributed by atoms with Gasteiger partial charge in [0.2, 0.25) is 0 Å². The van der Waals surface area contributed by atoms with Gasteiger partial charge in [0.15, 0.2) is 0 Å². The summed E-state index contributed by atoms with van der Waals surface area (Å²) in [6.07, 6.45) is 0.776. The molecule has 0 saturated heterocycles. The van der Waals surface area contributed by atoms with E-state index in [2.05, 4.69) is 0 Å². The van der Waals surface area contributed by atoms with E-state index < -0.39 is 0 Å². The number of hydrogen-bond donors (Lipinski definition) is 0. The van der Waals surface area contributed by atoms with Gasteiger partial charge in [-0.05, 0) is 18.6 Å². The van der Waals surface area contributed by atoms with Gasteiger partial charge in [-0.3, -0.25) is 0 Å². The van der Waals surface area contributed by atoms with Crippen molar-refractivity contribution in [1.82, 2.24) is 0 Å². The summed E-state index contributed by atoms with van der Waals surface area (Å²) < 4.78 is 17.8. The Labute approximate surface area is 89.8 Å². The van der Waals surface area contributed by atoms with Gasteiger partial charge in [0.05, 0.1) is 6.61 Å². The van der Waals surface area contributed by atoms with Gasteiger partial charge in [0.25, 0.3) is 0 Å². The molecule has 3 heteroatoms. The Kier molecular flexibility index (Phi) is 8.34. The van der Waals surface area contributed by atoms with Crippen molar-refractivity contribution in [2.24, 2.45) is 0 Å². The van der Waals surface area contributed by atoms with Gasteiger partial charge >= 0.3 is 0 Å². The maximum absolute atomic E-state index is 12.6. The summed E-state index contributed by atoms with van der Waals surface area (Å²) in [5.74, 6) is 0.841. The van der Waals surface area contributed by atoms with E-state index in [4.69, 9.17) is 16.3 Å². The molecule has 1 rings (SSSR count). The SMILES string of the molecule is CC.Fc1cccc(OCCCCl)c1. The van der Waals surface area contributed by atoms with Crippen LogP contribution in [0.3, 0.4) is 0 Å². The summed E-state index contributed by atoms with van der Waals surface area (Å²) in [7, 11) is 0. The van der Waals surface area contributed by atoms with Crippen LogP contribution in [0, 0.1) is 5.82 Å². The first-order valence-electron chi connectivity index (χ1n) is 4.77. The third kappa shape index (κ3) is 5.81. The molecule has 0 aliphatic carbocycles. The van der Waals surface area contributed by atoms with Crippen LogP contribution in [-0.4, -0.2) is 12.5 Å². The molecule has 0 radical (unpaired) electrons. The maximum Gasteiger partial charge on any atom is 0.126 e. The Morgan fingerprint density at radius 1 is 1.36 bits per heavy atom. The van der Waals surface area contributed by atoms with Crippen LogP contribution in [0.15, 0.2) is 24.3 Å². The Morgan fingerprint density at radius 2 is 2.07 bits per heavy atom. The molecule has 0 aliphatic rings. The zero-order valence-corrected chi connectivity index (χ0v) is 9.35. The molecular formula is C11H16ClFO. The van der Waals surface area contributed by atoms with Crippen molar-refractivity contribution in [3.05, 3.63) is 30.1 Å². The fraction of sp³-hybridized carbons (Fsp3) is 0.455. The van der Waals surface area contributed by atoms with E-state index in [0.29, 0.717) is 18.2 Å². The van der Waals surface area contributed by atoms with E-state index in [1.54, 1.807) is 12.1 Å². The van der Waals surface area contributed by atoms with Crippen LogP contribution in [0.5, 0.6) is 5.75 Å². The van der Waals surface area contributed by atoms with Crippen LogP contribution >= 0.6 is 11.6 Å². The molecule has 1 aromatic rings. The van der Waals surface area contributed by atoms with Crippen molar-refractivity contribution in [3.63, 3.8) is 0 Å². The quantitative estimate of drug-likeness (QED) is 0.551. The van der Waals surface area contributed by atoms with Crippen LogP contribution in [0.4, 0.5) is 4.39 Å². The Hall–Kier alpha value is -0.760. The van der Waals surface area contributed by atoms with Crippen molar-refractivity contribution in [1.29, 1.82) is 0 Å². The molecule has 0 aromatic heterocycles. The van der Waals surface area contributed by atoms with E-state index in [1.165, 1.54) is 12.1 Å². The lowest BCUT2D eigenvalue weighted by Gasteiger charge is -2.03. The monoisotopic (exact) mass is 218 g/mol. The molecule has 1 nitrogen and oxygen atoms in total. The lowest BCUT2D eigenvalue weighted by Crippen LogP contribution is -1.97. The highest BCUT2D eigenvalue weighted by atomic mass is 35.5. The van der Waals surface area contributed by atoms with Crippen molar-refractivity contribution >= 4 is 11.6 Å². The molecule has 1 aromatic carbocycles. The molecule has 0 aliphatic heterocycles. The fourth-order valence-corrected chi connectivity index (χ4v) is 0.910. The minimum Gasteiger partial charge on any atom is -0.493 e. The topological polar surface area (TPSA) is 9.23 Å². The summed E-state index contributed by atoms with van der Waals surface area (Å²) in [6.45, 7) is 4.53. The second-order valence-electron chi connectivity index (χ2n) is 2.35. The molecule has 0 spiro atoms. The standard InChI is InChI=1S/C9H10ClFO.C2H6/c10-5-2-6-12-9-4-1-3-8(11)7-9;1-2/h1,3-4,7H,2,5-6H2;1-2H3. The molecule has 0 atom stereocenters. The number of ether oxygens (including phenoxy) is 1. The molecule has 0 fully saturated rings. The maximum atomic E-state index is 12.6. The van der Waals surface area contributed by atoms with E-state index in [9.17, 15) is 4.39 Å². The van der Waals surface area contributed by atoms with Gasteiger partial charge in [0, 0.05) is 11.9 Å². The fourth-order valence-electron chi connectivity index (χ4n) is 0.801. The van der Waals surface area contributed by atoms with Crippen LogP contribution in [0.2, 0.25) is 0 Å². The number of rotatable bonds is 4. The number of benzene rings is 1. The lowest BCUT2D eigenvalue weighted by molar-refractivity contribution is 0.316. The number of alkyl halides is 1. The lowest BCUT2D eigenvalue weighted by atomic mass is 10.3. The van der Waals surface area contributed by atoms with E-state index >= 15 is 0 Å². The number of halogens is 2. The highest BCUT2D eigenvalue weighted by molar-refractivity contribution is 6.17. The normalized spacial score (nSPS) is 8.86. The average Bonchev–Trinajstić information content (AvgIpc) is 2.21. The van der Waals surface area contributed by atoms with Gasteiger partial charge in [0.1, 0.15) is 11.6 Å². The third-order valence-corrected chi connectivity index (χ3v) is 1.61. The molecule has 0 amide bonds. The zero-order chi connectivity index (χ0) is 10.8. The van der Waals surface area contributed by atoms with Crippen molar-refractivity contribution in [3.8, 4) is 5.75 Å². The van der Waals surface area contributed by atoms with Crippen molar-refractivity contribution < 1.29 is 9.13 Å². The molecule has 0 heterocycles. The van der Waals surface area contributed by atoms with Crippen molar-refractivity contribution in [2.75, 3.05) is 12.5 Å². The summed E-state index contributed by atoms with van der Waals surface area (Å²) in [4.78, 5) is 0. The Morgan fingerprint density at radius 3 is 2.64 bits per heavy atom. The van der Waals surface area contributed by atoms with E-state index in [-0.39, 0.29) is 5.82 Å². The van der Waals surface area contributed by atoms with Crippen LogP contribution < -0.4 is 4.74 Å². The predicted octanol–water partition coefficient (Wildman–Crippen LogP) is 3.86. The van der Waals surface area contributed by atoms with E-state index in [1.807, 2.05) is 13.8 Å². The third-order valence-electron chi connectivity index (χ3n) is 1.34. The minimum atomic E-state index is -0.279. The second-order valence-corrected chi connectivity index (χ2v) is 2.73. The Bertz CT molecular complexity index is 240. The molecule has 14 heavy (non-hydrogen) atoms. The highest BCUT2D eigenvalue weighted by Gasteiger charge is 1.94. The highest BCUT2D eigenvalue weighted by Crippen LogP contribution is 2.11. The van der Waals surface area contributed by atoms with Gasteiger partial charge in [-0.2, -0.15) is 0 Å². The number of hydrogen-bond acceptors (Lipinski definition) is 1. The molecule has 0 saturated carbocycles. The van der Waals surface area contributed by atoms with Crippen molar-refractivity contribution in [2.45, 2.75) is 20.3 Å². The summed E-state index contributed by atoms with van der Waals surface area (Å²) in [6, 6.07) is 6.07. The average molecular weight is 219 g/mol. The first kappa shape index (κ1) is 13.2. The summed E-state index contributed by atoms with van der Waals surface area (Å²) in [5.41, 5.74) is 0. The largest absolute Gasteiger partial charge is 0.493 e. The van der Waals surface area contributed by atoms with Crippen LogP contribution in [-0.2, 0) is 0 Å². The molecule has 0 N–H and O–H groups in total. The smallest absolute Gasteiger partial charge is 0.126 e. The first-order valence-corrected chi connectivity index (χ1v) is 5.30. The minimum absolute atomic E-state index is 0.279. The molecule has 80 valence electrons. The van der Waals surface area contributed by atoms with Crippen LogP contribution in [0.1, 0.15) is 20.3 Å². The van der Waals surface area contributed by atoms with Crippen LogP contribution in [0.25, 0.3) is 0 Å². The van der Waals surface area contributed by atoms with Gasteiger partial charge < -0.3 is 4.74 Å². The molecule has 0 bridgehead atoms. The van der Waals surface area contributed by atoms with Gasteiger partial charge in [-0.1, -0.05) is 19.9 Å². The second kappa shape index (κ2) is 8.82. The zero-order valence-electron chi connectivity index (χ0n) is 8.59.